The number of rotatable bonds is 4. The van der Waals surface area contributed by atoms with Crippen molar-refractivity contribution in [1.82, 2.24) is 5.32 Å². The van der Waals surface area contributed by atoms with Gasteiger partial charge in [-0.05, 0) is 37.5 Å². The first-order valence-corrected chi connectivity index (χ1v) is 6.31. The highest BCUT2D eigenvalue weighted by atomic mass is 35.5. The summed E-state index contributed by atoms with van der Waals surface area (Å²) in [5.74, 6) is -0.529. The Hall–Kier alpha value is -1.13. The minimum Gasteiger partial charge on any atom is -0.354 e. The van der Waals surface area contributed by atoms with Crippen molar-refractivity contribution < 1.29 is 9.18 Å². The third-order valence-corrected chi connectivity index (χ3v) is 3.68. The smallest absolute Gasteiger partial charge is 0.236 e. The van der Waals surface area contributed by atoms with Gasteiger partial charge < -0.3 is 11.1 Å². The van der Waals surface area contributed by atoms with Gasteiger partial charge in [-0.25, -0.2) is 4.39 Å². The summed E-state index contributed by atoms with van der Waals surface area (Å²) >= 11 is 6.05. The number of carbonyl (C=O) groups excluding carboxylic acids is 1. The second kappa shape index (κ2) is 4.86. The van der Waals surface area contributed by atoms with Gasteiger partial charge in [0.15, 0.2) is 0 Å². The van der Waals surface area contributed by atoms with E-state index in [1.54, 1.807) is 13.0 Å². The lowest BCUT2D eigenvalue weighted by Crippen LogP contribution is -2.41. The van der Waals surface area contributed by atoms with Crippen molar-refractivity contribution in [2.24, 2.45) is 5.73 Å². The molecule has 0 aromatic heterocycles. The van der Waals surface area contributed by atoms with E-state index in [1.165, 1.54) is 12.1 Å². The van der Waals surface area contributed by atoms with Crippen LogP contribution in [-0.2, 0) is 10.2 Å². The van der Waals surface area contributed by atoms with Gasteiger partial charge in [0.05, 0.1) is 6.04 Å². The van der Waals surface area contributed by atoms with E-state index in [4.69, 9.17) is 17.3 Å². The maximum atomic E-state index is 13.0. The van der Waals surface area contributed by atoms with Crippen molar-refractivity contribution in [2.45, 2.75) is 31.2 Å². The summed E-state index contributed by atoms with van der Waals surface area (Å²) in [5, 5.41) is 3.23. The van der Waals surface area contributed by atoms with E-state index in [0.29, 0.717) is 11.6 Å². The van der Waals surface area contributed by atoms with E-state index >= 15 is 0 Å². The molecule has 3 nitrogen and oxygen atoms in total. The van der Waals surface area contributed by atoms with Gasteiger partial charge in [0.1, 0.15) is 5.82 Å². The Morgan fingerprint density at radius 2 is 2.28 bits per heavy atom. The van der Waals surface area contributed by atoms with Crippen LogP contribution in [0.15, 0.2) is 18.2 Å². The van der Waals surface area contributed by atoms with E-state index in [9.17, 15) is 9.18 Å². The molecule has 0 bridgehead atoms. The Balaban J connectivity index is 2.10. The molecule has 1 fully saturated rings. The quantitative estimate of drug-likeness (QED) is 0.879. The summed E-state index contributed by atoms with van der Waals surface area (Å²) < 4.78 is 13.0. The molecule has 0 unspecified atom stereocenters. The van der Waals surface area contributed by atoms with Crippen molar-refractivity contribution >= 4 is 17.5 Å². The third kappa shape index (κ3) is 2.65. The summed E-state index contributed by atoms with van der Waals surface area (Å²) in [6.45, 7) is 2.14. The molecule has 0 radical (unpaired) electrons. The van der Waals surface area contributed by atoms with Gasteiger partial charge in [0.2, 0.25) is 5.91 Å². The molecule has 1 aromatic rings. The highest BCUT2D eigenvalue weighted by molar-refractivity contribution is 6.31. The normalized spacial score (nSPS) is 18.2. The summed E-state index contributed by atoms with van der Waals surface area (Å²) in [7, 11) is 0. The lowest BCUT2D eigenvalue weighted by Gasteiger charge is -2.18. The van der Waals surface area contributed by atoms with Crippen molar-refractivity contribution in [1.29, 1.82) is 0 Å². The average Bonchev–Trinajstić information content (AvgIpc) is 3.06. The lowest BCUT2D eigenvalue weighted by atomic mass is 9.95. The fourth-order valence-electron chi connectivity index (χ4n) is 2.03. The topological polar surface area (TPSA) is 55.1 Å². The molecule has 1 amide bonds. The number of carbonyl (C=O) groups is 1. The van der Waals surface area contributed by atoms with Crippen molar-refractivity contribution in [2.75, 3.05) is 6.54 Å². The van der Waals surface area contributed by atoms with Crippen LogP contribution in [0.2, 0.25) is 5.02 Å². The van der Waals surface area contributed by atoms with Gasteiger partial charge in [-0.1, -0.05) is 17.7 Å². The molecule has 1 atom stereocenters. The zero-order valence-electron chi connectivity index (χ0n) is 10.2. The molecule has 18 heavy (non-hydrogen) atoms. The fourth-order valence-corrected chi connectivity index (χ4v) is 2.40. The number of hydrogen-bond acceptors (Lipinski definition) is 2. The lowest BCUT2D eigenvalue weighted by molar-refractivity contribution is -0.122. The largest absolute Gasteiger partial charge is 0.354 e. The summed E-state index contributed by atoms with van der Waals surface area (Å²) in [4.78, 5) is 11.5. The molecule has 1 aromatic carbocycles. The SMILES string of the molecule is C[C@@H](N)C(=O)NCC1(c2ccc(F)cc2Cl)CC1. The maximum absolute atomic E-state index is 13.0. The average molecular weight is 271 g/mol. The molecule has 2 rings (SSSR count). The molecule has 1 saturated carbocycles. The first-order chi connectivity index (χ1) is 8.44. The van der Waals surface area contributed by atoms with Gasteiger partial charge in [0.25, 0.3) is 0 Å². The molecule has 1 aliphatic carbocycles. The number of hydrogen-bond donors (Lipinski definition) is 2. The monoisotopic (exact) mass is 270 g/mol. The van der Waals surface area contributed by atoms with Crippen LogP contribution >= 0.6 is 11.6 Å². The van der Waals surface area contributed by atoms with E-state index in [2.05, 4.69) is 5.32 Å². The summed E-state index contributed by atoms with van der Waals surface area (Å²) in [6.07, 6.45) is 1.88. The molecule has 5 heteroatoms. The fraction of sp³-hybridized carbons (Fsp3) is 0.462. The molecule has 0 saturated heterocycles. The highest BCUT2D eigenvalue weighted by Gasteiger charge is 2.45. The minimum absolute atomic E-state index is 0.144. The van der Waals surface area contributed by atoms with Crippen LogP contribution in [-0.4, -0.2) is 18.5 Å². The third-order valence-electron chi connectivity index (χ3n) is 3.37. The number of nitrogens with one attached hydrogen (secondary N) is 1. The first kappa shape index (κ1) is 13.3. The number of nitrogens with two attached hydrogens (primary N) is 1. The second-order valence-corrected chi connectivity index (χ2v) is 5.32. The Bertz CT molecular complexity index is 472. The van der Waals surface area contributed by atoms with Gasteiger partial charge in [0, 0.05) is 17.0 Å². The van der Waals surface area contributed by atoms with Gasteiger partial charge in [-0.2, -0.15) is 0 Å². The molecule has 0 heterocycles. The highest BCUT2D eigenvalue weighted by Crippen LogP contribution is 2.50. The summed E-state index contributed by atoms with van der Waals surface area (Å²) in [6, 6.07) is 3.88. The first-order valence-electron chi connectivity index (χ1n) is 5.93. The predicted molar refractivity (Wildman–Crippen MR) is 69.0 cm³/mol. The second-order valence-electron chi connectivity index (χ2n) is 4.91. The van der Waals surface area contributed by atoms with E-state index in [0.717, 1.165) is 18.4 Å². The van der Waals surface area contributed by atoms with Crippen LogP contribution in [0.25, 0.3) is 0 Å². The maximum Gasteiger partial charge on any atom is 0.236 e. The van der Waals surface area contributed by atoms with E-state index < -0.39 is 6.04 Å². The standard InChI is InChI=1S/C13H16ClFN2O/c1-8(16)12(18)17-7-13(4-5-13)10-3-2-9(15)6-11(10)14/h2-3,6,8H,4-5,7,16H2,1H3,(H,17,18)/t8-/m1/s1. The molecule has 98 valence electrons. The van der Waals surface area contributed by atoms with Crippen molar-refractivity contribution in [3.8, 4) is 0 Å². The van der Waals surface area contributed by atoms with E-state index in [1.807, 2.05) is 0 Å². The van der Waals surface area contributed by atoms with Crippen LogP contribution in [0.4, 0.5) is 4.39 Å². The van der Waals surface area contributed by atoms with Gasteiger partial charge in [-0.3, -0.25) is 4.79 Å². The Kier molecular flexibility index (Phi) is 3.59. The Labute approximate surface area is 111 Å². The molecule has 0 spiro atoms. The van der Waals surface area contributed by atoms with Gasteiger partial charge in [-0.15, -0.1) is 0 Å². The van der Waals surface area contributed by atoms with E-state index in [-0.39, 0.29) is 17.1 Å². The number of amides is 1. The molecule has 0 aliphatic heterocycles. The van der Waals surface area contributed by atoms with Crippen molar-refractivity contribution in [3.05, 3.63) is 34.6 Å². The molecule has 3 N–H and O–H groups in total. The molecular formula is C13H16ClFN2O. The number of benzene rings is 1. The Morgan fingerprint density at radius 1 is 1.61 bits per heavy atom. The van der Waals surface area contributed by atoms with Crippen LogP contribution in [0.5, 0.6) is 0 Å². The zero-order valence-corrected chi connectivity index (χ0v) is 10.9. The van der Waals surface area contributed by atoms with Crippen LogP contribution in [0.3, 0.4) is 0 Å². The zero-order chi connectivity index (χ0) is 13.3. The Morgan fingerprint density at radius 3 is 2.78 bits per heavy atom. The number of halogens is 2. The molecule has 1 aliphatic rings. The van der Waals surface area contributed by atoms with Crippen LogP contribution in [0.1, 0.15) is 25.3 Å². The predicted octanol–water partition coefficient (Wildman–Crippen LogP) is 1.97. The summed E-state index contributed by atoms with van der Waals surface area (Å²) in [5.41, 5.74) is 6.24. The van der Waals surface area contributed by atoms with Crippen LogP contribution < -0.4 is 11.1 Å². The molecular weight excluding hydrogens is 255 g/mol. The van der Waals surface area contributed by atoms with Crippen molar-refractivity contribution in [3.63, 3.8) is 0 Å². The van der Waals surface area contributed by atoms with Crippen LogP contribution in [0, 0.1) is 5.82 Å². The van der Waals surface area contributed by atoms with Gasteiger partial charge >= 0.3 is 0 Å². The minimum atomic E-state index is -0.524.